The lowest BCUT2D eigenvalue weighted by molar-refractivity contribution is -0.152. The van der Waals surface area contributed by atoms with Gasteiger partial charge in [-0.2, -0.15) is 0 Å². The highest BCUT2D eigenvalue weighted by Crippen LogP contribution is 2.19. The summed E-state index contributed by atoms with van der Waals surface area (Å²) < 4.78 is 10.4. The molecule has 0 aliphatic rings. The summed E-state index contributed by atoms with van der Waals surface area (Å²) >= 11 is 0. The average Bonchev–Trinajstić information content (AvgIpc) is 2.95. The molecule has 0 aromatic carbocycles. The van der Waals surface area contributed by atoms with Crippen LogP contribution >= 0.6 is 0 Å². The first kappa shape index (κ1) is 19.0. The molecule has 0 amide bonds. The molecule has 0 aliphatic heterocycles. The summed E-state index contributed by atoms with van der Waals surface area (Å²) in [6.45, 7) is 9.67. The maximum Gasteiger partial charge on any atom is 0.328 e. The predicted molar refractivity (Wildman–Crippen MR) is 88.1 cm³/mol. The summed E-state index contributed by atoms with van der Waals surface area (Å²) in [5.74, 6) is 0.464. The molecule has 23 heavy (non-hydrogen) atoms. The Labute approximate surface area is 137 Å². The van der Waals surface area contributed by atoms with Gasteiger partial charge in [0.25, 0.3) is 0 Å². The monoisotopic (exact) mass is 325 g/mol. The molecule has 130 valence electrons. The van der Waals surface area contributed by atoms with E-state index in [-0.39, 0.29) is 13.1 Å². The molecule has 0 aliphatic carbocycles. The van der Waals surface area contributed by atoms with Crippen LogP contribution < -0.4 is 10.6 Å². The quantitative estimate of drug-likeness (QED) is 0.415. The zero-order valence-corrected chi connectivity index (χ0v) is 14.5. The van der Waals surface area contributed by atoms with Crippen molar-refractivity contribution in [1.82, 2.24) is 10.6 Å². The smallest absolute Gasteiger partial charge is 0.328 e. The van der Waals surface area contributed by atoms with Gasteiger partial charge in [0.15, 0.2) is 5.96 Å². The van der Waals surface area contributed by atoms with E-state index in [2.05, 4.69) is 15.6 Å². The van der Waals surface area contributed by atoms with Gasteiger partial charge in [-0.05, 0) is 46.8 Å². The lowest BCUT2D eigenvalue weighted by Crippen LogP contribution is -2.44. The third-order valence-corrected chi connectivity index (χ3v) is 2.78. The number of guanidine groups is 1. The fourth-order valence-electron chi connectivity index (χ4n) is 1.79. The normalized spacial score (nSPS) is 15.0. The first-order valence-corrected chi connectivity index (χ1v) is 7.64. The molecule has 0 fully saturated rings. The second kappa shape index (κ2) is 8.01. The summed E-state index contributed by atoms with van der Waals surface area (Å²) in [7, 11) is 0. The fraction of sp³-hybridized carbons (Fsp3) is 0.625. The lowest BCUT2D eigenvalue weighted by Gasteiger charge is -2.23. The number of nitrogens with zero attached hydrogens (tertiary/aromatic N) is 1. The summed E-state index contributed by atoms with van der Waals surface area (Å²) in [5, 5.41) is 16.4. The summed E-state index contributed by atoms with van der Waals surface area (Å²) in [5.41, 5.74) is -1.73. The van der Waals surface area contributed by atoms with Gasteiger partial charge in [0.1, 0.15) is 23.5 Å². The third-order valence-electron chi connectivity index (χ3n) is 2.78. The first-order valence-electron chi connectivity index (χ1n) is 7.64. The maximum atomic E-state index is 11.7. The summed E-state index contributed by atoms with van der Waals surface area (Å²) in [4.78, 5) is 15.9. The van der Waals surface area contributed by atoms with Crippen LogP contribution in [-0.2, 0) is 15.1 Å². The van der Waals surface area contributed by atoms with E-state index in [4.69, 9.17) is 9.15 Å². The molecule has 1 aromatic rings. The number of furan rings is 1. The van der Waals surface area contributed by atoms with Crippen LogP contribution in [0.5, 0.6) is 0 Å². The molecule has 3 N–H and O–H groups in total. The van der Waals surface area contributed by atoms with Gasteiger partial charge in [-0.15, -0.1) is 0 Å². The van der Waals surface area contributed by atoms with E-state index < -0.39 is 17.2 Å². The molecule has 1 unspecified atom stereocenters. The van der Waals surface area contributed by atoms with E-state index in [9.17, 15) is 9.90 Å². The molecule has 0 radical (unpaired) electrons. The van der Waals surface area contributed by atoms with Crippen LogP contribution in [0.3, 0.4) is 0 Å². The number of aliphatic hydroxyl groups is 1. The number of hydrogen-bond acceptors (Lipinski definition) is 5. The predicted octanol–water partition coefficient (Wildman–Crippen LogP) is 1.38. The Morgan fingerprint density at radius 1 is 1.35 bits per heavy atom. The number of carbonyl (C=O) groups is 1. The van der Waals surface area contributed by atoms with Gasteiger partial charge in [-0.1, -0.05) is 0 Å². The molecule has 1 heterocycles. The van der Waals surface area contributed by atoms with Crippen LogP contribution in [-0.4, -0.2) is 42.3 Å². The molecule has 1 rings (SSSR count). The van der Waals surface area contributed by atoms with Crippen LogP contribution in [0.25, 0.3) is 0 Å². The zero-order valence-electron chi connectivity index (χ0n) is 14.5. The van der Waals surface area contributed by atoms with E-state index in [1.165, 1.54) is 6.26 Å². The molecule has 7 nitrogen and oxygen atoms in total. The van der Waals surface area contributed by atoms with Crippen molar-refractivity contribution in [2.45, 2.75) is 45.8 Å². The van der Waals surface area contributed by atoms with Crippen molar-refractivity contribution in [3.8, 4) is 0 Å². The van der Waals surface area contributed by atoms with Gasteiger partial charge in [0.2, 0.25) is 0 Å². The zero-order chi connectivity index (χ0) is 17.5. The fourth-order valence-corrected chi connectivity index (χ4v) is 1.79. The van der Waals surface area contributed by atoms with Crippen molar-refractivity contribution in [2.24, 2.45) is 4.99 Å². The topological polar surface area (TPSA) is 96.1 Å². The van der Waals surface area contributed by atoms with E-state index in [0.717, 1.165) is 0 Å². The van der Waals surface area contributed by atoms with E-state index in [0.29, 0.717) is 18.3 Å². The van der Waals surface area contributed by atoms with Gasteiger partial charge in [0, 0.05) is 6.54 Å². The number of hydrogen-bond donors (Lipinski definition) is 3. The molecular formula is C16H27N3O4. The van der Waals surface area contributed by atoms with Crippen molar-refractivity contribution in [2.75, 3.05) is 19.6 Å². The van der Waals surface area contributed by atoms with Gasteiger partial charge in [0.05, 0.1) is 12.8 Å². The van der Waals surface area contributed by atoms with Crippen molar-refractivity contribution in [1.29, 1.82) is 0 Å². The number of ether oxygens (including phenoxy) is 1. The molecular weight excluding hydrogens is 298 g/mol. The van der Waals surface area contributed by atoms with Crippen LogP contribution in [0.2, 0.25) is 0 Å². The molecule has 1 aromatic heterocycles. The van der Waals surface area contributed by atoms with Crippen LogP contribution in [0, 0.1) is 0 Å². The summed E-state index contributed by atoms with van der Waals surface area (Å²) in [6.07, 6.45) is 1.51. The minimum absolute atomic E-state index is 0.102. The molecule has 0 saturated heterocycles. The van der Waals surface area contributed by atoms with Crippen molar-refractivity contribution in [3.63, 3.8) is 0 Å². The highest BCUT2D eigenvalue weighted by atomic mass is 16.6. The van der Waals surface area contributed by atoms with Gasteiger partial charge < -0.3 is 24.9 Å². The van der Waals surface area contributed by atoms with E-state index >= 15 is 0 Å². The van der Waals surface area contributed by atoms with Crippen molar-refractivity contribution in [3.05, 3.63) is 24.2 Å². The number of aliphatic imine (C=N–C) groups is 1. The first-order chi connectivity index (χ1) is 10.6. The standard InChI is InChI=1S/C16H27N3O4/c1-6-17-14(18-10-13(20)23-15(2,3)4)19-11-16(5,21)12-8-7-9-22-12/h7-9,21H,6,10-11H2,1-5H3,(H2,17,18,19). The van der Waals surface area contributed by atoms with Crippen LogP contribution in [0.1, 0.15) is 40.4 Å². The number of rotatable bonds is 6. The molecule has 0 spiro atoms. The summed E-state index contributed by atoms with van der Waals surface area (Å²) in [6, 6.07) is 3.41. The Morgan fingerprint density at radius 2 is 2.04 bits per heavy atom. The molecule has 7 heteroatoms. The Morgan fingerprint density at radius 3 is 2.57 bits per heavy atom. The van der Waals surface area contributed by atoms with Gasteiger partial charge in [-0.3, -0.25) is 4.79 Å². The van der Waals surface area contributed by atoms with Crippen molar-refractivity contribution >= 4 is 11.9 Å². The molecule has 0 saturated carbocycles. The minimum atomic E-state index is -1.19. The van der Waals surface area contributed by atoms with Crippen molar-refractivity contribution < 1.29 is 19.1 Å². The molecule has 0 bridgehead atoms. The number of nitrogens with one attached hydrogen (secondary N) is 2. The second-order valence-electron chi connectivity index (χ2n) is 6.39. The number of carbonyl (C=O) groups excluding carboxylic acids is 1. The second-order valence-corrected chi connectivity index (χ2v) is 6.39. The average molecular weight is 325 g/mol. The maximum absolute atomic E-state index is 11.7. The number of esters is 1. The molecule has 1 atom stereocenters. The third kappa shape index (κ3) is 7.19. The van der Waals surface area contributed by atoms with Gasteiger partial charge in [-0.25, -0.2) is 4.99 Å². The highest BCUT2D eigenvalue weighted by Gasteiger charge is 2.26. The van der Waals surface area contributed by atoms with Crippen LogP contribution in [0.4, 0.5) is 0 Å². The Hall–Kier alpha value is -2.02. The SMILES string of the molecule is CCNC(=NCC(=O)OC(C)(C)C)NCC(C)(O)c1ccco1. The highest BCUT2D eigenvalue weighted by molar-refractivity contribution is 5.83. The Kier molecular flexibility index (Phi) is 6.62. The largest absolute Gasteiger partial charge is 0.466 e. The minimum Gasteiger partial charge on any atom is -0.466 e. The lowest BCUT2D eigenvalue weighted by atomic mass is 10.0. The Bertz CT molecular complexity index is 516. The Balaban J connectivity index is 2.61. The van der Waals surface area contributed by atoms with E-state index in [1.807, 2.05) is 6.92 Å². The van der Waals surface area contributed by atoms with Crippen LogP contribution in [0.15, 0.2) is 27.8 Å². The van der Waals surface area contributed by atoms with Gasteiger partial charge >= 0.3 is 5.97 Å². The van der Waals surface area contributed by atoms with E-state index in [1.54, 1.807) is 39.8 Å².